The van der Waals surface area contributed by atoms with Gasteiger partial charge < -0.3 is 14.8 Å². The second kappa shape index (κ2) is 8.77. The number of aryl methyl sites for hydroxylation is 1. The van der Waals surface area contributed by atoms with Gasteiger partial charge in [-0.1, -0.05) is 47.5 Å². The van der Waals surface area contributed by atoms with Crippen LogP contribution in [0.2, 0.25) is 5.02 Å². The molecule has 6 nitrogen and oxygen atoms in total. The molecule has 2 amide bonds. The highest BCUT2D eigenvalue weighted by Gasteiger charge is 2.41. The zero-order chi connectivity index (χ0) is 22.8. The molecule has 162 valence electrons. The van der Waals surface area contributed by atoms with Crippen molar-refractivity contribution in [1.29, 1.82) is 0 Å². The summed E-state index contributed by atoms with van der Waals surface area (Å²) in [6.45, 7) is 1.96. The van der Waals surface area contributed by atoms with Crippen LogP contribution in [0.4, 0.5) is 11.4 Å². The molecular weight excluding hydrogens is 428 g/mol. The van der Waals surface area contributed by atoms with Crippen molar-refractivity contribution < 1.29 is 19.1 Å². The number of nitrogens with one attached hydrogen (secondary N) is 1. The normalized spacial score (nSPS) is 13.6. The fourth-order valence-corrected chi connectivity index (χ4v) is 3.70. The highest BCUT2D eigenvalue weighted by molar-refractivity contribution is 6.46. The van der Waals surface area contributed by atoms with Gasteiger partial charge in [-0.3, -0.25) is 9.59 Å². The van der Waals surface area contributed by atoms with Crippen molar-refractivity contribution in [3.63, 3.8) is 0 Å². The number of hydrogen-bond acceptors (Lipinski definition) is 5. The molecule has 0 aromatic heterocycles. The van der Waals surface area contributed by atoms with Crippen molar-refractivity contribution in [2.75, 3.05) is 24.4 Å². The first-order chi connectivity index (χ1) is 15.4. The standard InChI is InChI=1S/C25H21ClN2O4/c1-15-7-9-16(10-8-15)22-23(27-18-5-4-6-19(14-18)31-2)25(30)28(24(22)29)20-13-17(26)11-12-21(20)32-3/h4-14,27H,1-3H3. The number of imide groups is 1. The molecule has 7 heteroatoms. The summed E-state index contributed by atoms with van der Waals surface area (Å²) in [4.78, 5) is 28.2. The SMILES string of the molecule is COc1cccc(NC2=C(c3ccc(C)cc3)C(=O)N(c3cc(Cl)ccc3OC)C2=O)c1. The molecule has 0 atom stereocenters. The number of anilines is 2. The number of amides is 2. The Kier molecular flexibility index (Phi) is 5.88. The molecule has 0 spiro atoms. The van der Waals surface area contributed by atoms with Gasteiger partial charge in [-0.25, -0.2) is 4.90 Å². The van der Waals surface area contributed by atoms with Crippen LogP contribution < -0.4 is 19.7 Å². The largest absolute Gasteiger partial charge is 0.497 e. The van der Waals surface area contributed by atoms with E-state index in [1.165, 1.54) is 13.2 Å². The van der Waals surface area contributed by atoms with Gasteiger partial charge in [0.2, 0.25) is 0 Å². The van der Waals surface area contributed by atoms with Crippen LogP contribution in [-0.2, 0) is 9.59 Å². The van der Waals surface area contributed by atoms with Crippen LogP contribution in [0.25, 0.3) is 5.57 Å². The third-order valence-electron chi connectivity index (χ3n) is 5.15. The van der Waals surface area contributed by atoms with Crippen LogP contribution >= 0.6 is 11.6 Å². The number of nitrogens with zero attached hydrogens (tertiary/aromatic N) is 1. The Morgan fingerprint density at radius 3 is 2.31 bits per heavy atom. The molecule has 0 aliphatic carbocycles. The van der Waals surface area contributed by atoms with Gasteiger partial charge in [0.05, 0.1) is 25.5 Å². The Morgan fingerprint density at radius 1 is 0.875 bits per heavy atom. The molecule has 0 saturated heterocycles. The van der Waals surface area contributed by atoms with Crippen LogP contribution in [0.5, 0.6) is 11.5 Å². The van der Waals surface area contributed by atoms with Gasteiger partial charge in [-0.05, 0) is 42.8 Å². The zero-order valence-corrected chi connectivity index (χ0v) is 18.6. The molecule has 0 radical (unpaired) electrons. The molecule has 0 unspecified atom stereocenters. The predicted molar refractivity (Wildman–Crippen MR) is 125 cm³/mol. The Bertz CT molecular complexity index is 1230. The zero-order valence-electron chi connectivity index (χ0n) is 17.8. The Labute approximate surface area is 191 Å². The molecule has 4 rings (SSSR count). The lowest BCUT2D eigenvalue weighted by Crippen LogP contribution is -2.32. The van der Waals surface area contributed by atoms with Crippen molar-refractivity contribution in [3.05, 3.63) is 88.6 Å². The fraction of sp³-hybridized carbons (Fsp3) is 0.120. The number of ether oxygens (including phenoxy) is 2. The summed E-state index contributed by atoms with van der Waals surface area (Å²) in [5, 5.41) is 3.51. The predicted octanol–water partition coefficient (Wildman–Crippen LogP) is 5.06. The van der Waals surface area contributed by atoms with Crippen LogP contribution in [-0.4, -0.2) is 26.0 Å². The molecule has 32 heavy (non-hydrogen) atoms. The maximum absolute atomic E-state index is 13.6. The maximum atomic E-state index is 13.6. The number of rotatable bonds is 6. The van der Waals surface area contributed by atoms with Gasteiger partial charge in [0, 0.05) is 16.8 Å². The second-order valence-corrected chi connectivity index (χ2v) is 7.67. The molecular formula is C25H21ClN2O4. The van der Waals surface area contributed by atoms with Crippen LogP contribution in [0.15, 0.2) is 72.4 Å². The summed E-state index contributed by atoms with van der Waals surface area (Å²) < 4.78 is 10.7. The number of halogens is 1. The van der Waals surface area contributed by atoms with E-state index in [-0.39, 0.29) is 17.0 Å². The third kappa shape index (κ3) is 3.92. The fourth-order valence-electron chi connectivity index (χ4n) is 3.54. The average molecular weight is 449 g/mol. The molecule has 3 aromatic rings. The number of methoxy groups -OCH3 is 2. The maximum Gasteiger partial charge on any atom is 0.282 e. The topological polar surface area (TPSA) is 67.9 Å². The van der Waals surface area contributed by atoms with Crippen molar-refractivity contribution in [2.24, 2.45) is 0 Å². The van der Waals surface area contributed by atoms with E-state index in [2.05, 4.69) is 5.32 Å². The third-order valence-corrected chi connectivity index (χ3v) is 5.38. The van der Waals surface area contributed by atoms with Crippen molar-refractivity contribution in [1.82, 2.24) is 0 Å². The lowest BCUT2D eigenvalue weighted by molar-refractivity contribution is -0.120. The van der Waals surface area contributed by atoms with Gasteiger partial charge in [0.15, 0.2) is 0 Å². The van der Waals surface area contributed by atoms with Gasteiger partial charge >= 0.3 is 0 Å². The van der Waals surface area contributed by atoms with E-state index < -0.39 is 11.8 Å². The smallest absolute Gasteiger partial charge is 0.282 e. The number of carbonyl (C=O) groups excluding carboxylic acids is 2. The average Bonchev–Trinajstić information content (AvgIpc) is 3.03. The molecule has 1 aliphatic rings. The summed E-state index contributed by atoms with van der Waals surface area (Å²) in [6, 6.07) is 19.4. The summed E-state index contributed by atoms with van der Waals surface area (Å²) in [5.74, 6) is 0.0124. The van der Waals surface area contributed by atoms with Crippen LogP contribution in [0, 0.1) is 6.92 Å². The quantitative estimate of drug-likeness (QED) is 0.534. The Balaban J connectivity index is 1.85. The molecule has 3 aromatic carbocycles. The minimum absolute atomic E-state index is 0.161. The molecule has 1 N–H and O–H groups in total. The number of carbonyl (C=O) groups is 2. The van der Waals surface area contributed by atoms with E-state index in [0.29, 0.717) is 27.8 Å². The Hall–Kier alpha value is -3.77. The first kappa shape index (κ1) is 21.5. The van der Waals surface area contributed by atoms with Crippen molar-refractivity contribution in [2.45, 2.75) is 6.92 Å². The lowest BCUT2D eigenvalue weighted by Gasteiger charge is -2.18. The van der Waals surface area contributed by atoms with Gasteiger partial charge in [0.25, 0.3) is 11.8 Å². The van der Waals surface area contributed by atoms with Crippen LogP contribution in [0.3, 0.4) is 0 Å². The monoisotopic (exact) mass is 448 g/mol. The van der Waals surface area contributed by atoms with Gasteiger partial charge in [-0.2, -0.15) is 0 Å². The highest BCUT2D eigenvalue weighted by atomic mass is 35.5. The molecule has 1 heterocycles. The number of benzene rings is 3. The first-order valence-electron chi connectivity index (χ1n) is 9.87. The van der Waals surface area contributed by atoms with E-state index in [9.17, 15) is 9.59 Å². The van der Waals surface area contributed by atoms with E-state index in [4.69, 9.17) is 21.1 Å². The molecule has 0 saturated carbocycles. The minimum atomic E-state index is -0.506. The summed E-state index contributed by atoms with van der Waals surface area (Å²) in [6.07, 6.45) is 0. The molecule has 1 aliphatic heterocycles. The van der Waals surface area contributed by atoms with Crippen molar-refractivity contribution >= 4 is 40.4 Å². The second-order valence-electron chi connectivity index (χ2n) is 7.23. The minimum Gasteiger partial charge on any atom is -0.497 e. The summed E-state index contributed by atoms with van der Waals surface area (Å²) >= 11 is 6.17. The van der Waals surface area contributed by atoms with Crippen molar-refractivity contribution in [3.8, 4) is 11.5 Å². The lowest BCUT2D eigenvalue weighted by atomic mass is 10.0. The summed E-state index contributed by atoms with van der Waals surface area (Å²) in [7, 11) is 3.04. The number of hydrogen-bond donors (Lipinski definition) is 1. The van der Waals surface area contributed by atoms with E-state index >= 15 is 0 Å². The first-order valence-corrected chi connectivity index (χ1v) is 10.3. The Morgan fingerprint density at radius 2 is 1.62 bits per heavy atom. The van der Waals surface area contributed by atoms with E-state index in [1.54, 1.807) is 43.5 Å². The van der Waals surface area contributed by atoms with Crippen LogP contribution in [0.1, 0.15) is 11.1 Å². The van der Waals surface area contributed by atoms with Gasteiger partial charge in [-0.15, -0.1) is 0 Å². The van der Waals surface area contributed by atoms with E-state index in [1.807, 2.05) is 31.2 Å². The highest BCUT2D eigenvalue weighted by Crippen LogP contribution is 2.39. The van der Waals surface area contributed by atoms with Gasteiger partial charge in [0.1, 0.15) is 17.2 Å². The van der Waals surface area contributed by atoms with E-state index in [0.717, 1.165) is 10.5 Å². The molecule has 0 fully saturated rings. The summed E-state index contributed by atoms with van der Waals surface area (Å²) in [5.41, 5.74) is 2.99. The molecule has 0 bridgehead atoms.